The van der Waals surface area contributed by atoms with Crippen LogP contribution in [0, 0.1) is 0 Å². The van der Waals surface area contributed by atoms with Gasteiger partial charge in [0.2, 0.25) is 0 Å². The van der Waals surface area contributed by atoms with E-state index >= 15 is 0 Å². The fraction of sp³-hybridized carbons (Fsp3) is 0.500. The third-order valence-corrected chi connectivity index (χ3v) is 3.99. The van der Waals surface area contributed by atoms with Crippen LogP contribution in [0.2, 0.25) is 0 Å². The highest BCUT2D eigenvalue weighted by atomic mass is 79.9. The molecule has 1 aliphatic carbocycles. The molecule has 0 spiro atoms. The van der Waals surface area contributed by atoms with E-state index in [9.17, 15) is 4.79 Å². The quantitative estimate of drug-likeness (QED) is 0.869. The molecule has 1 unspecified atom stereocenters. The summed E-state index contributed by atoms with van der Waals surface area (Å²) in [6.45, 7) is 1.85. The van der Waals surface area contributed by atoms with Crippen LogP contribution in [0.5, 0.6) is 0 Å². The Hall–Kier alpha value is -0.870. The van der Waals surface area contributed by atoms with Crippen molar-refractivity contribution in [3.8, 4) is 0 Å². The molecule has 1 aliphatic rings. The largest absolute Gasteiger partial charge is 0.468 e. The van der Waals surface area contributed by atoms with E-state index in [-0.39, 0.29) is 12.0 Å². The first-order valence-corrected chi connectivity index (χ1v) is 6.98. The molecule has 4 heteroatoms. The number of hydrogen-bond acceptors (Lipinski definition) is 3. The van der Waals surface area contributed by atoms with Gasteiger partial charge in [0.25, 0.3) is 0 Å². The molecule has 1 aromatic carbocycles. The number of carbonyl (C=O) groups is 1. The zero-order valence-corrected chi connectivity index (χ0v) is 12.2. The highest BCUT2D eigenvalue weighted by molar-refractivity contribution is 9.10. The van der Waals surface area contributed by atoms with Gasteiger partial charge in [0.15, 0.2) is 0 Å². The number of halogens is 1. The molecule has 18 heavy (non-hydrogen) atoms. The second kappa shape index (κ2) is 5.85. The lowest BCUT2D eigenvalue weighted by Crippen LogP contribution is -2.47. The van der Waals surface area contributed by atoms with Crippen molar-refractivity contribution < 1.29 is 9.53 Å². The molecule has 1 N–H and O–H groups in total. The minimum absolute atomic E-state index is 0.194. The van der Waals surface area contributed by atoms with Gasteiger partial charge in [-0.25, -0.2) is 0 Å². The summed E-state index contributed by atoms with van der Waals surface area (Å²) < 4.78 is 5.83. The molecule has 1 atom stereocenters. The average Bonchev–Trinajstić information content (AvgIpc) is 2.31. The Kier molecular flexibility index (Phi) is 4.40. The van der Waals surface area contributed by atoms with Crippen LogP contribution in [0.3, 0.4) is 0 Å². The van der Waals surface area contributed by atoms with Crippen molar-refractivity contribution in [2.24, 2.45) is 0 Å². The first-order chi connectivity index (χ1) is 8.60. The van der Waals surface area contributed by atoms with Crippen molar-refractivity contribution in [3.63, 3.8) is 0 Å². The van der Waals surface area contributed by atoms with Crippen LogP contribution in [-0.2, 0) is 9.53 Å². The van der Waals surface area contributed by atoms with Gasteiger partial charge in [-0.2, -0.15) is 0 Å². The zero-order valence-electron chi connectivity index (χ0n) is 10.7. The summed E-state index contributed by atoms with van der Waals surface area (Å²) in [5.41, 5.74) is 1.37. The number of benzene rings is 1. The van der Waals surface area contributed by atoms with Gasteiger partial charge in [0.05, 0.1) is 7.11 Å². The van der Waals surface area contributed by atoms with Crippen LogP contribution in [0.15, 0.2) is 28.7 Å². The molecule has 0 radical (unpaired) electrons. The van der Waals surface area contributed by atoms with Crippen LogP contribution in [0.4, 0.5) is 0 Å². The number of esters is 1. The van der Waals surface area contributed by atoms with E-state index < -0.39 is 0 Å². The molecule has 1 fully saturated rings. The van der Waals surface area contributed by atoms with Crippen molar-refractivity contribution >= 4 is 21.9 Å². The number of hydrogen-bond donors (Lipinski definition) is 1. The molecule has 0 saturated heterocycles. The molecule has 2 rings (SSSR count). The summed E-state index contributed by atoms with van der Waals surface area (Å²) in [6, 6.07) is 8.64. The Labute approximate surface area is 116 Å². The lowest BCUT2D eigenvalue weighted by molar-refractivity contribution is -0.143. The summed E-state index contributed by atoms with van der Waals surface area (Å²) in [6.07, 6.45) is 2.16. The Morgan fingerprint density at radius 3 is 2.83 bits per heavy atom. The van der Waals surface area contributed by atoms with Crippen LogP contribution in [-0.4, -0.2) is 25.2 Å². The van der Waals surface area contributed by atoms with Crippen molar-refractivity contribution in [2.75, 3.05) is 7.11 Å². The molecule has 98 valence electrons. The van der Waals surface area contributed by atoms with Crippen molar-refractivity contribution in [1.82, 2.24) is 5.32 Å². The summed E-state index contributed by atoms with van der Waals surface area (Å²) in [5.74, 6) is 0.408. The summed E-state index contributed by atoms with van der Waals surface area (Å²) >= 11 is 3.49. The summed E-state index contributed by atoms with van der Waals surface area (Å²) in [4.78, 5) is 11.3. The van der Waals surface area contributed by atoms with Crippen LogP contribution < -0.4 is 5.32 Å². The van der Waals surface area contributed by atoms with E-state index in [2.05, 4.69) is 39.4 Å². The molecule has 0 aliphatic heterocycles. The Morgan fingerprint density at radius 2 is 2.22 bits per heavy atom. The molecule has 1 saturated carbocycles. The first kappa shape index (κ1) is 13.6. The van der Waals surface area contributed by atoms with Crippen molar-refractivity contribution in [3.05, 3.63) is 34.3 Å². The molecular formula is C14H18BrNO2. The maximum absolute atomic E-state index is 11.3. The number of ether oxygens (including phenoxy) is 1. The minimum atomic E-state index is -0.219. The van der Waals surface area contributed by atoms with Gasteiger partial charge < -0.3 is 10.1 Å². The number of carbonyl (C=O) groups excluding carboxylic acids is 1. The second-order valence-corrected chi connectivity index (χ2v) is 5.75. The predicted molar refractivity (Wildman–Crippen MR) is 74.5 cm³/mol. The van der Waals surface area contributed by atoms with E-state index in [1.807, 2.05) is 13.0 Å². The van der Waals surface area contributed by atoms with Gasteiger partial charge in [-0.3, -0.25) is 4.79 Å². The molecule has 0 bridgehead atoms. The van der Waals surface area contributed by atoms with Crippen molar-refractivity contribution in [1.29, 1.82) is 0 Å². The van der Waals surface area contributed by atoms with E-state index in [4.69, 9.17) is 4.74 Å². The average molecular weight is 312 g/mol. The first-order valence-electron chi connectivity index (χ1n) is 6.19. The fourth-order valence-corrected chi connectivity index (χ4v) is 2.80. The maximum Gasteiger partial charge on any atom is 0.322 e. The smallest absolute Gasteiger partial charge is 0.322 e. The lowest BCUT2D eigenvalue weighted by Gasteiger charge is -2.37. The Morgan fingerprint density at radius 1 is 1.50 bits per heavy atom. The lowest BCUT2D eigenvalue weighted by atomic mass is 9.75. The zero-order chi connectivity index (χ0) is 13.1. The molecule has 0 amide bonds. The molecular weight excluding hydrogens is 294 g/mol. The fourth-order valence-electron chi connectivity index (χ4n) is 2.38. The van der Waals surface area contributed by atoms with Crippen molar-refractivity contribution in [2.45, 2.75) is 37.8 Å². The molecule has 0 heterocycles. The highest BCUT2D eigenvalue weighted by Crippen LogP contribution is 2.37. The Balaban J connectivity index is 1.82. The van der Waals surface area contributed by atoms with E-state index in [0.29, 0.717) is 12.0 Å². The predicted octanol–water partition coefficient (Wildman–Crippen LogP) is 2.85. The second-order valence-electron chi connectivity index (χ2n) is 4.83. The molecule has 1 aromatic rings. The van der Waals surface area contributed by atoms with Gasteiger partial charge in [-0.1, -0.05) is 28.1 Å². The minimum Gasteiger partial charge on any atom is -0.468 e. The van der Waals surface area contributed by atoms with E-state index in [1.165, 1.54) is 12.7 Å². The van der Waals surface area contributed by atoms with Gasteiger partial charge in [0.1, 0.15) is 6.04 Å². The normalized spacial score (nSPS) is 24.2. The van der Waals surface area contributed by atoms with Gasteiger partial charge >= 0.3 is 5.97 Å². The number of methoxy groups -OCH3 is 1. The monoisotopic (exact) mass is 311 g/mol. The number of rotatable bonds is 4. The standard InChI is InChI=1S/C14H18BrNO2/c1-9(14(17)18-2)16-13-7-11(8-13)10-4-3-5-12(15)6-10/h3-6,9,11,13,16H,7-8H2,1-2H3. The third kappa shape index (κ3) is 3.12. The Bertz CT molecular complexity index is 430. The maximum atomic E-state index is 11.3. The van der Waals surface area contributed by atoms with Crippen LogP contribution in [0.1, 0.15) is 31.2 Å². The highest BCUT2D eigenvalue weighted by Gasteiger charge is 2.32. The topological polar surface area (TPSA) is 38.3 Å². The van der Waals surface area contributed by atoms with Crippen LogP contribution >= 0.6 is 15.9 Å². The molecule has 3 nitrogen and oxygen atoms in total. The number of nitrogens with one attached hydrogen (secondary N) is 1. The van der Waals surface area contributed by atoms with E-state index in [1.54, 1.807) is 0 Å². The summed E-state index contributed by atoms with van der Waals surface area (Å²) in [7, 11) is 1.42. The van der Waals surface area contributed by atoms with E-state index in [0.717, 1.165) is 17.3 Å². The summed E-state index contributed by atoms with van der Waals surface area (Å²) in [5, 5.41) is 3.30. The SMILES string of the molecule is COC(=O)C(C)NC1CC(c2cccc(Br)c2)C1. The van der Waals surface area contributed by atoms with Crippen LogP contribution in [0.25, 0.3) is 0 Å². The third-order valence-electron chi connectivity index (χ3n) is 3.50. The van der Waals surface area contributed by atoms with Gasteiger partial charge in [0, 0.05) is 10.5 Å². The van der Waals surface area contributed by atoms with Gasteiger partial charge in [-0.15, -0.1) is 0 Å². The van der Waals surface area contributed by atoms with Gasteiger partial charge in [-0.05, 0) is 43.4 Å². The molecule has 0 aromatic heterocycles.